The van der Waals surface area contributed by atoms with Crippen LogP contribution in [0, 0.1) is 0 Å². The summed E-state index contributed by atoms with van der Waals surface area (Å²) in [5.74, 6) is 1.38. The van der Waals surface area contributed by atoms with E-state index in [1.54, 1.807) is 7.11 Å². The second-order valence-electron chi connectivity index (χ2n) is 4.63. The predicted octanol–water partition coefficient (Wildman–Crippen LogP) is 3.65. The Hall–Kier alpha value is -2.49. The molecule has 1 heterocycles. The zero-order valence-electron chi connectivity index (χ0n) is 11.5. The highest BCUT2D eigenvalue weighted by molar-refractivity contribution is 5.87. The molecule has 0 radical (unpaired) electrons. The van der Waals surface area contributed by atoms with Crippen LogP contribution in [0.1, 0.15) is 12.5 Å². The highest BCUT2D eigenvalue weighted by atomic mass is 16.5. The summed E-state index contributed by atoms with van der Waals surface area (Å²) in [6.07, 6.45) is 0.921. The van der Waals surface area contributed by atoms with Crippen molar-refractivity contribution in [1.29, 1.82) is 0 Å². The first-order chi connectivity index (χ1) is 9.71. The van der Waals surface area contributed by atoms with Crippen LogP contribution in [0.4, 0.5) is 5.69 Å². The number of anilines is 1. The van der Waals surface area contributed by atoms with Crippen LogP contribution >= 0.6 is 0 Å². The molecule has 3 rings (SSSR count). The van der Waals surface area contributed by atoms with Crippen molar-refractivity contribution >= 4 is 16.8 Å². The minimum absolute atomic E-state index is 0.572. The van der Waals surface area contributed by atoms with Crippen molar-refractivity contribution in [1.82, 2.24) is 4.98 Å². The maximum Gasteiger partial charge on any atom is 0.227 e. The summed E-state index contributed by atoms with van der Waals surface area (Å²) >= 11 is 0. The fourth-order valence-corrected chi connectivity index (χ4v) is 2.18. The number of hydrogen-bond acceptors (Lipinski definition) is 4. The van der Waals surface area contributed by atoms with Crippen molar-refractivity contribution < 1.29 is 9.15 Å². The van der Waals surface area contributed by atoms with Crippen molar-refractivity contribution in [3.8, 4) is 17.2 Å². The van der Waals surface area contributed by atoms with Gasteiger partial charge in [-0.25, -0.2) is 4.98 Å². The molecule has 0 aliphatic rings. The molecule has 0 atom stereocenters. The SMILES string of the molecule is CCc1cc(N)c2oc(-c3ccc(OC)cc3)nc2c1. The molecular formula is C16H16N2O2. The summed E-state index contributed by atoms with van der Waals surface area (Å²) < 4.78 is 10.9. The number of methoxy groups -OCH3 is 1. The van der Waals surface area contributed by atoms with Gasteiger partial charge in [0.25, 0.3) is 0 Å². The summed E-state index contributed by atoms with van der Waals surface area (Å²) in [5.41, 5.74) is 10.2. The van der Waals surface area contributed by atoms with Gasteiger partial charge in [-0.3, -0.25) is 0 Å². The summed E-state index contributed by atoms with van der Waals surface area (Å²) in [4.78, 5) is 4.52. The fraction of sp³-hybridized carbons (Fsp3) is 0.188. The average molecular weight is 268 g/mol. The molecule has 1 aromatic heterocycles. The van der Waals surface area contributed by atoms with Gasteiger partial charge in [0, 0.05) is 5.56 Å². The van der Waals surface area contributed by atoms with Crippen molar-refractivity contribution in [3.05, 3.63) is 42.0 Å². The van der Waals surface area contributed by atoms with E-state index in [1.165, 1.54) is 0 Å². The molecule has 20 heavy (non-hydrogen) atoms. The second kappa shape index (κ2) is 4.89. The lowest BCUT2D eigenvalue weighted by Crippen LogP contribution is -1.88. The Morgan fingerprint density at radius 1 is 1.20 bits per heavy atom. The van der Waals surface area contributed by atoms with Crippen molar-refractivity contribution in [2.24, 2.45) is 0 Å². The topological polar surface area (TPSA) is 61.3 Å². The van der Waals surface area contributed by atoms with Gasteiger partial charge in [0.2, 0.25) is 5.89 Å². The molecule has 2 N–H and O–H groups in total. The number of ether oxygens (including phenoxy) is 1. The van der Waals surface area contributed by atoms with Gasteiger partial charge in [-0.05, 0) is 48.4 Å². The van der Waals surface area contributed by atoms with Crippen LogP contribution in [0.3, 0.4) is 0 Å². The number of aromatic nitrogens is 1. The van der Waals surface area contributed by atoms with Gasteiger partial charge in [-0.15, -0.1) is 0 Å². The van der Waals surface area contributed by atoms with Crippen LogP contribution in [-0.4, -0.2) is 12.1 Å². The molecule has 2 aromatic carbocycles. The Morgan fingerprint density at radius 3 is 2.60 bits per heavy atom. The highest BCUT2D eigenvalue weighted by Crippen LogP contribution is 2.30. The number of oxazole rings is 1. The van der Waals surface area contributed by atoms with Gasteiger partial charge in [0.1, 0.15) is 11.3 Å². The standard InChI is InChI=1S/C16H16N2O2/c1-3-10-8-13(17)15-14(9-10)18-16(20-15)11-4-6-12(19-2)7-5-11/h4-9H,3,17H2,1-2H3. The summed E-state index contributed by atoms with van der Waals surface area (Å²) in [6, 6.07) is 11.5. The van der Waals surface area contributed by atoms with Crippen molar-refractivity contribution in [2.45, 2.75) is 13.3 Å². The molecule has 102 valence electrons. The van der Waals surface area contributed by atoms with Gasteiger partial charge in [0.15, 0.2) is 5.58 Å². The number of benzene rings is 2. The molecule has 3 aromatic rings. The molecule has 0 unspecified atom stereocenters. The quantitative estimate of drug-likeness (QED) is 0.736. The molecule has 0 fully saturated rings. The molecule has 0 aliphatic heterocycles. The zero-order valence-corrected chi connectivity index (χ0v) is 11.5. The maximum atomic E-state index is 6.02. The molecule has 0 amide bonds. The monoisotopic (exact) mass is 268 g/mol. The van der Waals surface area contributed by atoms with Gasteiger partial charge in [-0.1, -0.05) is 6.92 Å². The highest BCUT2D eigenvalue weighted by Gasteiger charge is 2.11. The number of fused-ring (bicyclic) bond motifs is 1. The van der Waals surface area contributed by atoms with Crippen LogP contribution in [-0.2, 0) is 6.42 Å². The first-order valence-corrected chi connectivity index (χ1v) is 6.54. The Morgan fingerprint density at radius 2 is 1.95 bits per heavy atom. The Balaban J connectivity index is 2.09. The normalized spacial score (nSPS) is 10.9. The fourth-order valence-electron chi connectivity index (χ4n) is 2.18. The van der Waals surface area contributed by atoms with Gasteiger partial charge < -0.3 is 14.9 Å². The first kappa shape index (κ1) is 12.5. The third-order valence-corrected chi connectivity index (χ3v) is 3.32. The van der Waals surface area contributed by atoms with Crippen LogP contribution < -0.4 is 10.5 Å². The van der Waals surface area contributed by atoms with Crippen LogP contribution in [0.15, 0.2) is 40.8 Å². The minimum atomic E-state index is 0.572. The lowest BCUT2D eigenvalue weighted by Gasteiger charge is -1.99. The summed E-state index contributed by atoms with van der Waals surface area (Å²) in [6.45, 7) is 2.09. The number of nitrogen functional groups attached to an aromatic ring is 1. The summed E-state index contributed by atoms with van der Waals surface area (Å²) in [7, 11) is 1.64. The first-order valence-electron chi connectivity index (χ1n) is 6.54. The second-order valence-corrected chi connectivity index (χ2v) is 4.63. The molecule has 4 heteroatoms. The van der Waals surface area contributed by atoms with Crippen molar-refractivity contribution in [3.63, 3.8) is 0 Å². The molecule has 0 saturated carbocycles. The van der Waals surface area contributed by atoms with Gasteiger partial charge in [0.05, 0.1) is 12.8 Å². The van der Waals surface area contributed by atoms with E-state index >= 15 is 0 Å². The molecule has 4 nitrogen and oxygen atoms in total. The van der Waals surface area contributed by atoms with Crippen LogP contribution in [0.25, 0.3) is 22.6 Å². The van der Waals surface area contributed by atoms with Gasteiger partial charge in [-0.2, -0.15) is 0 Å². The zero-order chi connectivity index (χ0) is 14.1. The maximum absolute atomic E-state index is 6.02. The number of rotatable bonds is 3. The van der Waals surface area contributed by atoms with Crippen LogP contribution in [0.5, 0.6) is 5.75 Å². The molecule has 0 saturated heterocycles. The van der Waals surface area contributed by atoms with E-state index in [1.807, 2.05) is 36.4 Å². The third-order valence-electron chi connectivity index (χ3n) is 3.32. The van der Waals surface area contributed by atoms with Gasteiger partial charge >= 0.3 is 0 Å². The molecule has 0 spiro atoms. The lowest BCUT2D eigenvalue weighted by molar-refractivity contribution is 0.415. The number of nitrogens with zero attached hydrogens (tertiary/aromatic N) is 1. The minimum Gasteiger partial charge on any atom is -0.497 e. The van der Waals surface area contributed by atoms with E-state index in [0.717, 1.165) is 28.8 Å². The average Bonchev–Trinajstić information content (AvgIpc) is 2.92. The van der Waals surface area contributed by atoms with Crippen LogP contribution in [0.2, 0.25) is 0 Å². The van der Waals surface area contributed by atoms with E-state index < -0.39 is 0 Å². The smallest absolute Gasteiger partial charge is 0.227 e. The number of nitrogens with two attached hydrogens (primary N) is 1. The molecule has 0 aliphatic carbocycles. The van der Waals surface area contributed by atoms with E-state index in [0.29, 0.717) is 17.2 Å². The van der Waals surface area contributed by atoms with E-state index in [2.05, 4.69) is 11.9 Å². The van der Waals surface area contributed by atoms with E-state index in [4.69, 9.17) is 14.9 Å². The van der Waals surface area contributed by atoms with E-state index in [9.17, 15) is 0 Å². The molecular weight excluding hydrogens is 252 g/mol. The largest absolute Gasteiger partial charge is 0.497 e. The third kappa shape index (κ3) is 2.09. The lowest BCUT2D eigenvalue weighted by atomic mass is 10.1. The Bertz CT molecular complexity index is 745. The Labute approximate surface area is 117 Å². The summed E-state index contributed by atoms with van der Waals surface area (Å²) in [5, 5.41) is 0. The van der Waals surface area contributed by atoms with Crippen molar-refractivity contribution in [2.75, 3.05) is 12.8 Å². The Kier molecular flexibility index (Phi) is 3.06. The van der Waals surface area contributed by atoms with E-state index in [-0.39, 0.29) is 0 Å². The predicted molar refractivity (Wildman–Crippen MR) is 79.8 cm³/mol. The molecule has 0 bridgehead atoms. The number of aryl methyl sites for hydroxylation is 1. The number of hydrogen-bond donors (Lipinski definition) is 1.